The molecule has 0 N–H and O–H groups in total. The van der Waals surface area contributed by atoms with Crippen LogP contribution in [-0.4, -0.2) is 0 Å². The average Bonchev–Trinajstić information content (AvgIpc) is 2.82. The minimum Gasteiger partial charge on any atom is -0.0993 e. The first-order valence-electron chi connectivity index (χ1n) is 10.3. The van der Waals surface area contributed by atoms with Crippen molar-refractivity contribution in [2.75, 3.05) is 0 Å². The zero-order chi connectivity index (χ0) is 21.1. The van der Waals surface area contributed by atoms with Crippen molar-refractivity contribution < 1.29 is 0 Å². The van der Waals surface area contributed by atoms with Gasteiger partial charge in [-0.05, 0) is 46.7 Å². The molecule has 0 saturated heterocycles. The van der Waals surface area contributed by atoms with Gasteiger partial charge < -0.3 is 0 Å². The summed E-state index contributed by atoms with van der Waals surface area (Å²) >= 11 is 7.25. The largest absolute Gasteiger partial charge is 0.135 e. The Morgan fingerprint density at radius 1 is 0.710 bits per heavy atom. The number of rotatable bonds is 0. The van der Waals surface area contributed by atoms with Gasteiger partial charge in [-0.3, -0.25) is 0 Å². The highest BCUT2D eigenvalue weighted by atomic mass is 35.5. The summed E-state index contributed by atoms with van der Waals surface area (Å²) in [5, 5.41) is 2.26. The van der Waals surface area contributed by atoms with Crippen LogP contribution in [0.3, 0.4) is 0 Å². The number of allylic oxidation sites excluding steroid dienone is 1. The van der Waals surface area contributed by atoms with E-state index < -0.39 is 4.87 Å². The summed E-state index contributed by atoms with van der Waals surface area (Å²) in [4.78, 5) is -0.829. The van der Waals surface area contributed by atoms with Crippen LogP contribution in [0.5, 0.6) is 0 Å². The van der Waals surface area contributed by atoms with Crippen molar-refractivity contribution in [3.63, 3.8) is 0 Å². The van der Waals surface area contributed by atoms with E-state index in [-0.39, 0.29) is 0 Å². The Morgan fingerprint density at radius 3 is 2.10 bits per heavy atom. The molecule has 0 aromatic heterocycles. The minimum absolute atomic E-state index is 0.639. The van der Waals surface area contributed by atoms with E-state index in [1.807, 2.05) is 66.7 Å². The Kier molecular flexibility index (Phi) is 5.09. The quantitative estimate of drug-likeness (QED) is 0.212. The first-order chi connectivity index (χ1) is 15.2. The Bertz CT molecular complexity index is 1410. The molecule has 4 aromatic rings. The van der Waals surface area contributed by atoms with Crippen molar-refractivity contribution in [1.29, 1.82) is 0 Å². The average molecular weight is 415 g/mol. The highest BCUT2D eigenvalue weighted by molar-refractivity contribution is 6.27. The molecule has 1 heteroatoms. The number of hydrogen-bond donors (Lipinski definition) is 0. The smallest absolute Gasteiger partial charge is 0.0993 e. The van der Waals surface area contributed by atoms with Crippen LogP contribution in [0.25, 0.3) is 16.8 Å². The van der Waals surface area contributed by atoms with Gasteiger partial charge in [0.2, 0.25) is 0 Å². The third-order valence-electron chi connectivity index (χ3n) is 5.46. The van der Waals surface area contributed by atoms with E-state index in [2.05, 4.69) is 60.1 Å². The fourth-order valence-electron chi connectivity index (χ4n) is 3.97. The molecular formula is C30H19Cl. The van der Waals surface area contributed by atoms with Gasteiger partial charge in [0.05, 0.1) is 0 Å². The van der Waals surface area contributed by atoms with Gasteiger partial charge in [-0.1, -0.05) is 108 Å². The summed E-state index contributed by atoms with van der Waals surface area (Å²) in [5.41, 5.74) is 4.97. The Hall–Kier alpha value is -3.71. The highest BCUT2D eigenvalue weighted by Crippen LogP contribution is 2.43. The third kappa shape index (κ3) is 3.87. The predicted molar refractivity (Wildman–Crippen MR) is 131 cm³/mol. The van der Waals surface area contributed by atoms with Crippen LogP contribution in [0, 0.1) is 23.7 Å². The third-order valence-corrected chi connectivity index (χ3v) is 5.89. The molecule has 0 spiro atoms. The topological polar surface area (TPSA) is 0 Å². The van der Waals surface area contributed by atoms with Crippen LogP contribution < -0.4 is 0 Å². The monoisotopic (exact) mass is 414 g/mol. The van der Waals surface area contributed by atoms with E-state index in [1.54, 1.807) is 0 Å². The maximum atomic E-state index is 7.25. The molecule has 0 amide bonds. The van der Waals surface area contributed by atoms with Crippen LogP contribution in [0.15, 0.2) is 97.1 Å². The van der Waals surface area contributed by atoms with Gasteiger partial charge in [0.25, 0.3) is 0 Å². The summed E-state index contributed by atoms with van der Waals surface area (Å²) in [6, 6.07) is 30.6. The molecule has 1 aliphatic carbocycles. The molecule has 0 saturated carbocycles. The fraction of sp³-hybridized carbons (Fsp3) is 0.0667. The molecule has 1 aliphatic rings. The SMILES string of the molecule is ClC1(C#Cc2ccccc2)CC=Cc2cc3ccccc3c(C#Cc3ccccc3)c21. The van der Waals surface area contributed by atoms with Gasteiger partial charge in [-0.2, -0.15) is 0 Å². The summed E-state index contributed by atoms with van der Waals surface area (Å²) in [7, 11) is 0. The molecule has 0 fully saturated rings. The minimum atomic E-state index is -0.829. The van der Waals surface area contributed by atoms with Crippen LogP contribution >= 0.6 is 11.6 Å². The zero-order valence-electron chi connectivity index (χ0n) is 16.9. The molecule has 1 unspecified atom stereocenters. The lowest BCUT2D eigenvalue weighted by atomic mass is 9.81. The van der Waals surface area contributed by atoms with Crippen molar-refractivity contribution in [3.8, 4) is 23.7 Å². The molecule has 0 radical (unpaired) electrons. The second kappa shape index (κ2) is 8.20. The summed E-state index contributed by atoms with van der Waals surface area (Å²) in [6.07, 6.45) is 4.89. The molecule has 146 valence electrons. The molecule has 0 nitrogen and oxygen atoms in total. The molecular weight excluding hydrogens is 396 g/mol. The van der Waals surface area contributed by atoms with E-state index in [4.69, 9.17) is 11.6 Å². The lowest BCUT2D eigenvalue weighted by Crippen LogP contribution is -2.21. The standard InChI is InChI=1S/C30H19Cl/c31-30(21-19-24-12-5-2-6-13-24)20-9-15-26-22-25-14-7-8-16-27(25)28(29(26)30)18-17-23-10-3-1-4-11-23/h1-16,22H,20H2. The molecule has 0 aliphatic heterocycles. The highest BCUT2D eigenvalue weighted by Gasteiger charge is 2.34. The lowest BCUT2D eigenvalue weighted by molar-refractivity contribution is 0.789. The van der Waals surface area contributed by atoms with Crippen LogP contribution in [0.1, 0.15) is 34.2 Å². The molecule has 31 heavy (non-hydrogen) atoms. The fourth-order valence-corrected chi connectivity index (χ4v) is 4.31. The van der Waals surface area contributed by atoms with E-state index in [1.165, 1.54) is 0 Å². The predicted octanol–water partition coefficient (Wildman–Crippen LogP) is 7.14. The van der Waals surface area contributed by atoms with Gasteiger partial charge >= 0.3 is 0 Å². The number of halogens is 1. The van der Waals surface area contributed by atoms with E-state index in [0.717, 1.165) is 38.6 Å². The van der Waals surface area contributed by atoms with Crippen molar-refractivity contribution in [2.24, 2.45) is 0 Å². The van der Waals surface area contributed by atoms with E-state index in [9.17, 15) is 0 Å². The molecule has 5 rings (SSSR count). The van der Waals surface area contributed by atoms with Crippen molar-refractivity contribution >= 4 is 28.4 Å². The zero-order valence-corrected chi connectivity index (χ0v) is 17.7. The summed E-state index contributed by atoms with van der Waals surface area (Å²) < 4.78 is 0. The molecule has 4 aromatic carbocycles. The summed E-state index contributed by atoms with van der Waals surface area (Å²) in [6.45, 7) is 0. The van der Waals surface area contributed by atoms with Crippen molar-refractivity contribution in [3.05, 3.63) is 125 Å². The number of benzene rings is 4. The number of fused-ring (bicyclic) bond motifs is 2. The second-order valence-electron chi connectivity index (χ2n) is 7.58. The van der Waals surface area contributed by atoms with E-state index in [0.29, 0.717) is 6.42 Å². The Balaban J connectivity index is 1.74. The Morgan fingerprint density at radius 2 is 1.35 bits per heavy atom. The second-order valence-corrected chi connectivity index (χ2v) is 8.22. The van der Waals surface area contributed by atoms with Crippen LogP contribution in [0.2, 0.25) is 0 Å². The number of alkyl halides is 1. The van der Waals surface area contributed by atoms with Crippen LogP contribution in [0.4, 0.5) is 0 Å². The van der Waals surface area contributed by atoms with Gasteiger partial charge in [-0.15, -0.1) is 0 Å². The number of hydrogen-bond acceptors (Lipinski definition) is 0. The van der Waals surface area contributed by atoms with Crippen molar-refractivity contribution in [1.82, 2.24) is 0 Å². The maximum Gasteiger partial charge on any atom is 0.135 e. The molecule has 1 atom stereocenters. The first-order valence-corrected chi connectivity index (χ1v) is 10.7. The van der Waals surface area contributed by atoms with E-state index >= 15 is 0 Å². The van der Waals surface area contributed by atoms with Gasteiger partial charge in [0, 0.05) is 28.7 Å². The Labute approximate surface area is 188 Å². The van der Waals surface area contributed by atoms with Crippen molar-refractivity contribution in [2.45, 2.75) is 11.3 Å². The van der Waals surface area contributed by atoms with Gasteiger partial charge in [-0.25, -0.2) is 0 Å². The van der Waals surface area contributed by atoms with Gasteiger partial charge in [0.15, 0.2) is 0 Å². The first kappa shape index (κ1) is 19.3. The maximum absolute atomic E-state index is 7.25. The van der Waals surface area contributed by atoms with Gasteiger partial charge in [0.1, 0.15) is 4.87 Å². The van der Waals surface area contributed by atoms with Crippen LogP contribution in [-0.2, 0) is 4.87 Å². The lowest BCUT2D eigenvalue weighted by Gasteiger charge is -2.28. The normalized spacial score (nSPS) is 16.5. The molecule has 0 bridgehead atoms. The summed E-state index contributed by atoms with van der Waals surface area (Å²) in [5.74, 6) is 13.4. The molecule has 0 heterocycles.